The van der Waals surface area contributed by atoms with Gasteiger partial charge in [-0.3, -0.25) is 19.7 Å². The molecule has 0 aliphatic carbocycles. The third-order valence-corrected chi connectivity index (χ3v) is 3.99. The number of nitrogens with zero attached hydrogens (tertiary/aromatic N) is 4. The number of amides is 1. The molecular formula is C18H31IN6O2. The van der Waals surface area contributed by atoms with Gasteiger partial charge < -0.3 is 20.3 Å². The number of carbonyl (C=O) groups is 1. The lowest BCUT2D eigenvalue weighted by molar-refractivity contribution is -0.123. The van der Waals surface area contributed by atoms with Crippen molar-refractivity contribution >= 4 is 35.8 Å². The third kappa shape index (κ3) is 8.74. The van der Waals surface area contributed by atoms with Gasteiger partial charge in [-0.15, -0.1) is 24.0 Å². The Morgan fingerprint density at radius 2 is 2.07 bits per heavy atom. The van der Waals surface area contributed by atoms with E-state index in [0.29, 0.717) is 19.7 Å². The van der Waals surface area contributed by atoms with E-state index in [4.69, 9.17) is 4.74 Å². The molecule has 2 heterocycles. The van der Waals surface area contributed by atoms with Gasteiger partial charge in [0.1, 0.15) is 12.4 Å². The second kappa shape index (κ2) is 12.7. The van der Waals surface area contributed by atoms with Crippen molar-refractivity contribution < 1.29 is 9.53 Å². The largest absolute Gasteiger partial charge is 0.490 e. The van der Waals surface area contributed by atoms with Gasteiger partial charge in [-0.05, 0) is 26.0 Å². The first kappa shape index (κ1) is 23.4. The second-order valence-electron chi connectivity index (χ2n) is 6.50. The molecule has 27 heavy (non-hydrogen) atoms. The predicted molar refractivity (Wildman–Crippen MR) is 118 cm³/mol. The van der Waals surface area contributed by atoms with Gasteiger partial charge in [0.2, 0.25) is 5.91 Å². The fourth-order valence-corrected chi connectivity index (χ4v) is 2.78. The standard InChI is InChI=1S/C18H30N6O2.HI/c1-15(2)22-17(25)14-23-8-10-24(11-9-23)18(19-3)21-7-12-26-16-5-4-6-20-13-16;/h4-6,13,15H,7-12,14H2,1-3H3,(H,19,21)(H,22,25);1H. The van der Waals surface area contributed by atoms with E-state index < -0.39 is 0 Å². The number of guanidine groups is 1. The van der Waals surface area contributed by atoms with Gasteiger partial charge in [0.25, 0.3) is 0 Å². The molecule has 0 spiro atoms. The minimum Gasteiger partial charge on any atom is -0.490 e. The SMILES string of the molecule is CN=C(NCCOc1cccnc1)N1CCN(CC(=O)NC(C)C)CC1.I. The summed E-state index contributed by atoms with van der Waals surface area (Å²) in [5.41, 5.74) is 0. The zero-order chi connectivity index (χ0) is 18.8. The highest BCUT2D eigenvalue weighted by molar-refractivity contribution is 14.0. The second-order valence-corrected chi connectivity index (χ2v) is 6.50. The molecule has 0 radical (unpaired) electrons. The summed E-state index contributed by atoms with van der Waals surface area (Å²) in [4.78, 5) is 24.6. The minimum atomic E-state index is 0. The van der Waals surface area contributed by atoms with Crippen molar-refractivity contribution in [3.63, 3.8) is 0 Å². The van der Waals surface area contributed by atoms with E-state index >= 15 is 0 Å². The van der Waals surface area contributed by atoms with E-state index in [1.54, 1.807) is 19.4 Å². The summed E-state index contributed by atoms with van der Waals surface area (Å²) in [6.07, 6.45) is 3.42. The number of nitrogens with one attached hydrogen (secondary N) is 2. The van der Waals surface area contributed by atoms with E-state index in [0.717, 1.165) is 37.9 Å². The van der Waals surface area contributed by atoms with Gasteiger partial charge in [-0.2, -0.15) is 0 Å². The Labute approximate surface area is 178 Å². The molecule has 1 fully saturated rings. The van der Waals surface area contributed by atoms with Crippen molar-refractivity contribution in [3.8, 4) is 5.75 Å². The van der Waals surface area contributed by atoms with Crippen LogP contribution in [-0.4, -0.2) is 85.6 Å². The highest BCUT2D eigenvalue weighted by Gasteiger charge is 2.21. The molecule has 1 aliphatic rings. The average Bonchev–Trinajstić information content (AvgIpc) is 2.63. The van der Waals surface area contributed by atoms with Crippen LogP contribution in [0.3, 0.4) is 0 Å². The summed E-state index contributed by atoms with van der Waals surface area (Å²) in [5.74, 6) is 1.71. The Bertz CT molecular complexity index is 576. The van der Waals surface area contributed by atoms with Gasteiger partial charge in [0.05, 0.1) is 19.3 Å². The fourth-order valence-electron chi connectivity index (χ4n) is 2.78. The Morgan fingerprint density at radius 1 is 1.33 bits per heavy atom. The number of aromatic nitrogens is 1. The molecule has 2 rings (SSSR count). The van der Waals surface area contributed by atoms with E-state index in [1.165, 1.54) is 0 Å². The van der Waals surface area contributed by atoms with Crippen LogP contribution in [-0.2, 0) is 4.79 Å². The highest BCUT2D eigenvalue weighted by Crippen LogP contribution is 2.05. The first-order valence-electron chi connectivity index (χ1n) is 9.08. The molecule has 1 amide bonds. The molecule has 1 aromatic heterocycles. The maximum Gasteiger partial charge on any atom is 0.234 e. The molecule has 0 saturated carbocycles. The van der Waals surface area contributed by atoms with Gasteiger partial charge in [-0.1, -0.05) is 0 Å². The van der Waals surface area contributed by atoms with Crippen molar-refractivity contribution in [2.24, 2.45) is 4.99 Å². The molecule has 2 N–H and O–H groups in total. The quantitative estimate of drug-likeness (QED) is 0.255. The first-order chi connectivity index (χ1) is 12.6. The van der Waals surface area contributed by atoms with Crippen LogP contribution in [0.5, 0.6) is 5.75 Å². The summed E-state index contributed by atoms with van der Waals surface area (Å²) in [6, 6.07) is 3.92. The topological polar surface area (TPSA) is 82.1 Å². The Morgan fingerprint density at radius 3 is 2.67 bits per heavy atom. The summed E-state index contributed by atoms with van der Waals surface area (Å²) in [7, 11) is 1.78. The zero-order valence-electron chi connectivity index (χ0n) is 16.4. The Hall–Kier alpha value is -1.62. The molecule has 0 bridgehead atoms. The maximum atomic E-state index is 11.9. The average molecular weight is 490 g/mol. The smallest absolute Gasteiger partial charge is 0.234 e. The monoisotopic (exact) mass is 490 g/mol. The van der Waals surface area contributed by atoms with Crippen LogP contribution in [0.1, 0.15) is 13.8 Å². The molecule has 1 aliphatic heterocycles. The van der Waals surface area contributed by atoms with Crippen LogP contribution in [0.2, 0.25) is 0 Å². The molecule has 1 saturated heterocycles. The molecule has 0 unspecified atom stereocenters. The molecule has 1 aromatic rings. The van der Waals surface area contributed by atoms with Crippen LogP contribution in [0.15, 0.2) is 29.5 Å². The number of aliphatic imine (C=N–C) groups is 1. The third-order valence-electron chi connectivity index (χ3n) is 3.99. The maximum absolute atomic E-state index is 11.9. The van der Waals surface area contributed by atoms with Crippen molar-refractivity contribution in [3.05, 3.63) is 24.5 Å². The van der Waals surface area contributed by atoms with Crippen LogP contribution >= 0.6 is 24.0 Å². The number of piperazine rings is 1. The summed E-state index contributed by atoms with van der Waals surface area (Å²) < 4.78 is 5.63. The van der Waals surface area contributed by atoms with Crippen LogP contribution in [0.4, 0.5) is 0 Å². The van der Waals surface area contributed by atoms with Crippen LogP contribution < -0.4 is 15.4 Å². The molecule has 9 heteroatoms. The predicted octanol–water partition coefficient (Wildman–Crippen LogP) is 0.796. The molecular weight excluding hydrogens is 459 g/mol. The summed E-state index contributed by atoms with van der Waals surface area (Å²) in [6.45, 7) is 9.00. The van der Waals surface area contributed by atoms with Crippen molar-refractivity contribution in [1.82, 2.24) is 25.4 Å². The van der Waals surface area contributed by atoms with Crippen molar-refractivity contribution in [2.45, 2.75) is 19.9 Å². The Kier molecular flexibility index (Phi) is 11.0. The van der Waals surface area contributed by atoms with E-state index in [1.807, 2.05) is 26.0 Å². The van der Waals surface area contributed by atoms with Crippen molar-refractivity contribution in [2.75, 3.05) is 52.9 Å². The van der Waals surface area contributed by atoms with E-state index in [9.17, 15) is 4.79 Å². The van der Waals surface area contributed by atoms with Gasteiger partial charge >= 0.3 is 0 Å². The lowest BCUT2D eigenvalue weighted by Crippen LogP contribution is -2.54. The number of carbonyl (C=O) groups excluding carboxylic acids is 1. The van der Waals surface area contributed by atoms with Gasteiger partial charge in [0, 0.05) is 45.5 Å². The summed E-state index contributed by atoms with van der Waals surface area (Å²) >= 11 is 0. The number of hydrogen-bond donors (Lipinski definition) is 2. The zero-order valence-corrected chi connectivity index (χ0v) is 18.7. The molecule has 0 aromatic carbocycles. The molecule has 0 atom stereocenters. The van der Waals surface area contributed by atoms with E-state index in [2.05, 4.69) is 30.4 Å². The van der Waals surface area contributed by atoms with Crippen molar-refractivity contribution in [1.29, 1.82) is 0 Å². The van der Waals surface area contributed by atoms with Crippen LogP contribution in [0.25, 0.3) is 0 Å². The first-order valence-corrected chi connectivity index (χ1v) is 9.08. The summed E-state index contributed by atoms with van der Waals surface area (Å²) in [5, 5.41) is 6.26. The number of halogens is 1. The lowest BCUT2D eigenvalue weighted by Gasteiger charge is -2.36. The Balaban J connectivity index is 0.00000364. The van der Waals surface area contributed by atoms with Gasteiger partial charge in [0.15, 0.2) is 5.96 Å². The van der Waals surface area contributed by atoms with Crippen LogP contribution in [0, 0.1) is 0 Å². The number of pyridine rings is 1. The van der Waals surface area contributed by atoms with E-state index in [-0.39, 0.29) is 35.9 Å². The minimum absolute atomic E-state index is 0. The fraction of sp³-hybridized carbons (Fsp3) is 0.611. The normalized spacial score (nSPS) is 15.3. The molecule has 152 valence electrons. The number of hydrogen-bond acceptors (Lipinski definition) is 5. The number of rotatable bonds is 7. The highest BCUT2D eigenvalue weighted by atomic mass is 127. The van der Waals surface area contributed by atoms with Gasteiger partial charge in [-0.25, -0.2) is 0 Å². The molecule has 8 nitrogen and oxygen atoms in total. The lowest BCUT2D eigenvalue weighted by atomic mass is 10.3. The number of ether oxygens (including phenoxy) is 1.